The van der Waals surface area contributed by atoms with Crippen molar-refractivity contribution < 1.29 is 9.59 Å². The first kappa shape index (κ1) is 20.5. The minimum atomic E-state index is -0.458. The maximum atomic E-state index is 12.0. The van der Waals surface area contributed by atoms with Crippen LogP contribution in [0.25, 0.3) is 0 Å². The van der Waals surface area contributed by atoms with Gasteiger partial charge in [0.1, 0.15) is 0 Å². The largest absolute Gasteiger partial charge is 0.351 e. The van der Waals surface area contributed by atoms with E-state index in [9.17, 15) is 9.59 Å². The molecule has 1 aliphatic rings. The maximum absolute atomic E-state index is 12.0. The number of nitrogens with one attached hydrogen (secondary N) is 1. The maximum Gasteiger partial charge on any atom is 0.237 e. The minimum Gasteiger partial charge on any atom is -0.351 e. The monoisotopic (exact) mass is 353 g/mol. The number of rotatable bonds is 7. The van der Waals surface area contributed by atoms with E-state index < -0.39 is 6.04 Å². The number of hydrogen-bond acceptors (Lipinski definition) is 3. The Morgan fingerprint density at radius 2 is 2.04 bits per heavy atom. The molecule has 2 rings (SSSR count). The molecule has 1 aromatic rings. The van der Waals surface area contributed by atoms with E-state index in [0.717, 1.165) is 24.1 Å². The van der Waals surface area contributed by atoms with Crippen LogP contribution in [0.3, 0.4) is 0 Å². The highest BCUT2D eigenvalue weighted by Crippen LogP contribution is 2.15. The molecule has 0 radical (unpaired) electrons. The Bertz CT molecular complexity index is 563. The summed E-state index contributed by atoms with van der Waals surface area (Å²) in [6.45, 7) is 6.05. The van der Waals surface area contributed by atoms with Crippen molar-refractivity contribution in [3.8, 4) is 0 Å². The van der Waals surface area contributed by atoms with Crippen LogP contribution >= 0.6 is 12.4 Å². The van der Waals surface area contributed by atoms with Gasteiger partial charge in [0.2, 0.25) is 11.8 Å². The van der Waals surface area contributed by atoms with E-state index in [-0.39, 0.29) is 24.2 Å². The highest BCUT2D eigenvalue weighted by atomic mass is 35.5. The van der Waals surface area contributed by atoms with E-state index in [0.29, 0.717) is 31.8 Å². The van der Waals surface area contributed by atoms with E-state index in [1.54, 1.807) is 0 Å². The standard InChI is InChI=1S/C18H27N3O2.ClH/c1-13(2)9-16(19)18(23)20-11-14-5-3-6-15(10-14)12-21-8-4-7-17(21)22;/h3,5-6,10,13,16H,4,7-9,11-12,19H2,1-2H3,(H,20,23);1H/t16-;/m0./s1. The second-order valence-corrected chi connectivity index (χ2v) is 6.69. The number of halogens is 1. The molecule has 0 aromatic heterocycles. The van der Waals surface area contributed by atoms with E-state index in [1.165, 1.54) is 0 Å². The van der Waals surface area contributed by atoms with Gasteiger partial charge in [0.25, 0.3) is 0 Å². The second kappa shape index (κ2) is 9.64. The van der Waals surface area contributed by atoms with Crippen LogP contribution in [0, 0.1) is 5.92 Å². The Balaban J connectivity index is 0.00000288. The van der Waals surface area contributed by atoms with Crippen molar-refractivity contribution in [2.24, 2.45) is 11.7 Å². The van der Waals surface area contributed by atoms with Crippen molar-refractivity contribution in [3.63, 3.8) is 0 Å². The van der Waals surface area contributed by atoms with Crippen LogP contribution in [0.5, 0.6) is 0 Å². The predicted octanol–water partition coefficient (Wildman–Crippen LogP) is 2.22. The van der Waals surface area contributed by atoms with Gasteiger partial charge >= 0.3 is 0 Å². The molecule has 134 valence electrons. The molecule has 0 spiro atoms. The Morgan fingerprint density at radius 3 is 2.67 bits per heavy atom. The van der Waals surface area contributed by atoms with Crippen molar-refractivity contribution in [1.29, 1.82) is 0 Å². The van der Waals surface area contributed by atoms with Crippen molar-refractivity contribution in [2.75, 3.05) is 6.54 Å². The van der Waals surface area contributed by atoms with Gasteiger partial charge < -0.3 is 16.0 Å². The number of benzene rings is 1. The fourth-order valence-corrected chi connectivity index (χ4v) is 2.86. The lowest BCUT2D eigenvalue weighted by Gasteiger charge is -2.17. The van der Waals surface area contributed by atoms with Gasteiger partial charge in [0.05, 0.1) is 6.04 Å². The zero-order valence-electron chi connectivity index (χ0n) is 14.5. The fourth-order valence-electron chi connectivity index (χ4n) is 2.86. The number of carbonyl (C=O) groups is 2. The third kappa shape index (κ3) is 6.13. The van der Waals surface area contributed by atoms with Gasteiger partial charge in [-0.15, -0.1) is 12.4 Å². The van der Waals surface area contributed by atoms with Gasteiger partial charge in [0.15, 0.2) is 0 Å². The third-order valence-electron chi connectivity index (χ3n) is 4.07. The van der Waals surface area contributed by atoms with Gasteiger partial charge in [-0.1, -0.05) is 38.1 Å². The first-order valence-corrected chi connectivity index (χ1v) is 8.34. The first-order chi connectivity index (χ1) is 11.0. The molecule has 0 aliphatic carbocycles. The summed E-state index contributed by atoms with van der Waals surface area (Å²) in [6, 6.07) is 7.54. The Hall–Kier alpha value is -1.59. The number of nitrogens with zero attached hydrogens (tertiary/aromatic N) is 1. The van der Waals surface area contributed by atoms with Gasteiger partial charge in [0, 0.05) is 26.1 Å². The lowest BCUT2D eigenvalue weighted by Crippen LogP contribution is -2.41. The number of carbonyl (C=O) groups excluding carboxylic acids is 2. The quantitative estimate of drug-likeness (QED) is 0.789. The normalized spacial score (nSPS) is 15.3. The molecular weight excluding hydrogens is 326 g/mol. The van der Waals surface area contributed by atoms with Gasteiger partial charge in [-0.25, -0.2) is 0 Å². The molecule has 1 aromatic carbocycles. The summed E-state index contributed by atoms with van der Waals surface area (Å²) in [5.41, 5.74) is 8.00. The fraction of sp³-hybridized carbons (Fsp3) is 0.556. The summed E-state index contributed by atoms with van der Waals surface area (Å²) in [6.07, 6.45) is 2.29. The Labute approximate surface area is 150 Å². The number of likely N-dealkylation sites (tertiary alicyclic amines) is 1. The Morgan fingerprint density at radius 1 is 1.33 bits per heavy atom. The van der Waals surface area contributed by atoms with Gasteiger partial charge in [-0.05, 0) is 29.9 Å². The molecule has 5 nitrogen and oxygen atoms in total. The summed E-state index contributed by atoms with van der Waals surface area (Å²) in [7, 11) is 0. The third-order valence-corrected chi connectivity index (χ3v) is 4.07. The van der Waals surface area contributed by atoms with Crippen molar-refractivity contribution >= 4 is 24.2 Å². The van der Waals surface area contributed by atoms with Crippen molar-refractivity contribution in [3.05, 3.63) is 35.4 Å². The average molecular weight is 354 g/mol. The number of hydrogen-bond donors (Lipinski definition) is 2. The first-order valence-electron chi connectivity index (χ1n) is 8.34. The minimum absolute atomic E-state index is 0. The molecular formula is C18H28ClN3O2. The predicted molar refractivity (Wildman–Crippen MR) is 97.6 cm³/mol. The highest BCUT2D eigenvalue weighted by Gasteiger charge is 2.20. The second-order valence-electron chi connectivity index (χ2n) is 6.69. The molecule has 1 heterocycles. The summed E-state index contributed by atoms with van der Waals surface area (Å²) in [5.74, 6) is 0.513. The smallest absolute Gasteiger partial charge is 0.237 e. The average Bonchev–Trinajstić information content (AvgIpc) is 2.89. The van der Waals surface area contributed by atoms with Crippen molar-refractivity contribution in [1.82, 2.24) is 10.2 Å². The van der Waals surface area contributed by atoms with Crippen molar-refractivity contribution in [2.45, 2.75) is 52.2 Å². The number of amides is 2. The summed E-state index contributed by atoms with van der Waals surface area (Å²) in [5, 5.41) is 2.89. The van der Waals surface area contributed by atoms with Crippen LogP contribution in [0.2, 0.25) is 0 Å². The van der Waals surface area contributed by atoms with Crippen LogP contribution in [-0.4, -0.2) is 29.3 Å². The van der Waals surface area contributed by atoms with Crippen LogP contribution in [0.15, 0.2) is 24.3 Å². The van der Waals surface area contributed by atoms with Crippen LogP contribution in [0.1, 0.15) is 44.2 Å². The molecule has 1 atom stereocenters. The van der Waals surface area contributed by atoms with Crippen LogP contribution < -0.4 is 11.1 Å². The van der Waals surface area contributed by atoms with Crippen LogP contribution in [-0.2, 0) is 22.7 Å². The zero-order valence-corrected chi connectivity index (χ0v) is 15.3. The topological polar surface area (TPSA) is 75.4 Å². The molecule has 6 heteroatoms. The highest BCUT2D eigenvalue weighted by molar-refractivity contribution is 5.85. The van der Waals surface area contributed by atoms with E-state index in [1.807, 2.05) is 29.2 Å². The zero-order chi connectivity index (χ0) is 16.8. The molecule has 3 N–H and O–H groups in total. The molecule has 0 bridgehead atoms. The molecule has 1 saturated heterocycles. The lowest BCUT2D eigenvalue weighted by molar-refractivity contribution is -0.128. The lowest BCUT2D eigenvalue weighted by atomic mass is 10.0. The summed E-state index contributed by atoms with van der Waals surface area (Å²) >= 11 is 0. The molecule has 2 amide bonds. The van der Waals surface area contributed by atoms with Gasteiger partial charge in [-0.2, -0.15) is 0 Å². The van der Waals surface area contributed by atoms with E-state index in [4.69, 9.17) is 5.73 Å². The molecule has 24 heavy (non-hydrogen) atoms. The van der Waals surface area contributed by atoms with E-state index in [2.05, 4.69) is 19.2 Å². The SMILES string of the molecule is CC(C)C[C@H](N)C(=O)NCc1cccc(CN2CCCC2=O)c1.Cl. The van der Waals surface area contributed by atoms with Gasteiger partial charge in [-0.3, -0.25) is 9.59 Å². The summed E-state index contributed by atoms with van der Waals surface area (Å²) in [4.78, 5) is 25.6. The number of nitrogens with two attached hydrogens (primary N) is 1. The van der Waals surface area contributed by atoms with Crippen LogP contribution in [0.4, 0.5) is 0 Å². The summed E-state index contributed by atoms with van der Waals surface area (Å²) < 4.78 is 0. The molecule has 0 saturated carbocycles. The molecule has 1 fully saturated rings. The molecule has 0 unspecified atom stereocenters. The van der Waals surface area contributed by atoms with E-state index >= 15 is 0 Å². The Kier molecular flexibility index (Phi) is 8.22. The molecule has 1 aliphatic heterocycles.